The van der Waals surface area contributed by atoms with Gasteiger partial charge in [0.2, 0.25) is 0 Å². The van der Waals surface area contributed by atoms with Crippen LogP contribution in [0.1, 0.15) is 50.7 Å². The summed E-state index contributed by atoms with van der Waals surface area (Å²) in [6, 6.07) is 8.50. The maximum absolute atomic E-state index is 6.26. The molecule has 0 radical (unpaired) electrons. The number of fused-ring (bicyclic) bond motifs is 1. The van der Waals surface area contributed by atoms with Gasteiger partial charge in [-0.25, -0.2) is 4.98 Å². The molecule has 17 heavy (non-hydrogen) atoms. The molecule has 0 fully saturated rings. The summed E-state index contributed by atoms with van der Waals surface area (Å²) >= 11 is 6.26. The predicted octanol–water partition coefficient (Wildman–Crippen LogP) is 5.14. The first-order valence-corrected chi connectivity index (χ1v) is 6.47. The van der Waals surface area contributed by atoms with E-state index in [1.165, 1.54) is 10.9 Å². The van der Waals surface area contributed by atoms with Crippen molar-refractivity contribution in [1.29, 1.82) is 0 Å². The number of hydrogen-bond donors (Lipinski definition) is 0. The summed E-state index contributed by atoms with van der Waals surface area (Å²) in [6.45, 7) is 8.64. The zero-order valence-corrected chi connectivity index (χ0v) is 11.5. The van der Waals surface area contributed by atoms with Crippen LogP contribution >= 0.6 is 11.6 Å². The molecular weight excluding hydrogens is 230 g/mol. The third-order valence-corrected chi connectivity index (χ3v) is 3.40. The van der Waals surface area contributed by atoms with Crippen molar-refractivity contribution in [2.75, 3.05) is 0 Å². The largest absolute Gasteiger partial charge is 0.236 e. The van der Waals surface area contributed by atoms with E-state index < -0.39 is 0 Å². The Hall–Kier alpha value is -1.08. The summed E-state index contributed by atoms with van der Waals surface area (Å²) in [5, 5.41) is 1.82. The van der Waals surface area contributed by atoms with Gasteiger partial charge in [-0.3, -0.25) is 0 Å². The molecule has 0 spiro atoms. The first-order chi connectivity index (χ1) is 8.00. The van der Waals surface area contributed by atoms with Gasteiger partial charge in [-0.2, -0.15) is 0 Å². The zero-order valence-electron chi connectivity index (χ0n) is 10.8. The van der Waals surface area contributed by atoms with E-state index in [1.807, 2.05) is 0 Å². The van der Waals surface area contributed by atoms with Crippen LogP contribution in [0.2, 0.25) is 5.15 Å². The third-order valence-electron chi connectivity index (χ3n) is 3.10. The molecule has 2 aromatic rings. The molecule has 0 amide bonds. The summed E-state index contributed by atoms with van der Waals surface area (Å²) in [5.74, 6) is 0.870. The van der Waals surface area contributed by atoms with E-state index in [0.29, 0.717) is 17.0 Å². The molecule has 2 rings (SSSR count). The van der Waals surface area contributed by atoms with Gasteiger partial charge in [0.05, 0.1) is 5.52 Å². The minimum Gasteiger partial charge on any atom is -0.236 e. The average molecular weight is 248 g/mol. The number of pyridine rings is 1. The molecule has 0 unspecified atom stereocenters. The Kier molecular flexibility index (Phi) is 3.39. The fourth-order valence-electron chi connectivity index (χ4n) is 2.09. The van der Waals surface area contributed by atoms with Crippen molar-refractivity contribution in [3.05, 3.63) is 40.5 Å². The van der Waals surface area contributed by atoms with Crippen molar-refractivity contribution >= 4 is 22.5 Å². The number of hydrogen-bond acceptors (Lipinski definition) is 1. The van der Waals surface area contributed by atoms with Gasteiger partial charge in [-0.1, -0.05) is 57.5 Å². The molecule has 0 aliphatic carbocycles. The summed E-state index contributed by atoms with van der Waals surface area (Å²) in [4.78, 5) is 4.58. The number of para-hydroxylation sites is 1. The molecule has 0 saturated carbocycles. The number of nitrogens with zero attached hydrogens (tertiary/aromatic N) is 1. The fourth-order valence-corrected chi connectivity index (χ4v) is 2.44. The van der Waals surface area contributed by atoms with E-state index in [9.17, 15) is 0 Å². The summed E-state index contributed by atoms with van der Waals surface area (Å²) < 4.78 is 0. The number of benzene rings is 1. The van der Waals surface area contributed by atoms with Crippen LogP contribution in [-0.4, -0.2) is 4.98 Å². The molecule has 1 aromatic heterocycles. The van der Waals surface area contributed by atoms with E-state index in [2.05, 4.69) is 56.9 Å². The number of aromatic nitrogens is 1. The van der Waals surface area contributed by atoms with Gasteiger partial charge in [0.1, 0.15) is 5.15 Å². The summed E-state index contributed by atoms with van der Waals surface area (Å²) in [6.07, 6.45) is 0. The van der Waals surface area contributed by atoms with Crippen LogP contribution in [0.4, 0.5) is 0 Å². The van der Waals surface area contributed by atoms with Crippen LogP contribution in [0.25, 0.3) is 10.9 Å². The van der Waals surface area contributed by atoms with Crippen molar-refractivity contribution in [2.45, 2.75) is 39.5 Å². The lowest BCUT2D eigenvalue weighted by Crippen LogP contribution is -1.96. The molecule has 0 saturated heterocycles. The Morgan fingerprint density at radius 1 is 1.00 bits per heavy atom. The van der Waals surface area contributed by atoms with Gasteiger partial charge in [-0.15, -0.1) is 0 Å². The number of rotatable bonds is 2. The molecule has 0 bridgehead atoms. The van der Waals surface area contributed by atoms with E-state index in [0.717, 1.165) is 11.1 Å². The van der Waals surface area contributed by atoms with Crippen LogP contribution in [0, 0.1) is 0 Å². The monoisotopic (exact) mass is 247 g/mol. The Morgan fingerprint density at radius 2 is 1.65 bits per heavy atom. The average Bonchev–Trinajstić information content (AvgIpc) is 2.26. The Bertz CT molecular complexity index is 544. The second-order valence-corrected chi connectivity index (χ2v) is 5.45. The van der Waals surface area contributed by atoms with Gasteiger partial charge in [0.25, 0.3) is 0 Å². The van der Waals surface area contributed by atoms with Gasteiger partial charge < -0.3 is 0 Å². The van der Waals surface area contributed by atoms with Crippen LogP contribution in [0.3, 0.4) is 0 Å². The highest BCUT2D eigenvalue weighted by atomic mass is 35.5. The van der Waals surface area contributed by atoms with Crippen LogP contribution < -0.4 is 0 Å². The fraction of sp³-hybridized carbons (Fsp3) is 0.400. The first-order valence-electron chi connectivity index (χ1n) is 6.09. The molecule has 90 valence electrons. The molecule has 1 heterocycles. The standard InChI is InChI=1S/C15H18ClN/c1-9(2)12-7-5-6-11-8-13(10(3)4)15(16)17-14(11)12/h5-10H,1-4H3. The maximum atomic E-state index is 6.26. The van der Waals surface area contributed by atoms with E-state index in [4.69, 9.17) is 11.6 Å². The third kappa shape index (κ3) is 2.30. The molecule has 0 N–H and O–H groups in total. The van der Waals surface area contributed by atoms with E-state index in [1.54, 1.807) is 0 Å². The number of halogens is 1. The van der Waals surface area contributed by atoms with Crippen molar-refractivity contribution < 1.29 is 0 Å². The molecule has 2 heteroatoms. The van der Waals surface area contributed by atoms with Crippen LogP contribution in [0.15, 0.2) is 24.3 Å². The van der Waals surface area contributed by atoms with E-state index in [-0.39, 0.29) is 0 Å². The molecule has 1 nitrogen and oxygen atoms in total. The Balaban J connectivity index is 2.73. The smallest absolute Gasteiger partial charge is 0.133 e. The Labute approximate surface area is 108 Å². The van der Waals surface area contributed by atoms with Gasteiger partial charge >= 0.3 is 0 Å². The zero-order chi connectivity index (χ0) is 12.6. The lowest BCUT2D eigenvalue weighted by Gasteiger charge is -2.13. The highest BCUT2D eigenvalue weighted by Crippen LogP contribution is 2.30. The van der Waals surface area contributed by atoms with Crippen LogP contribution in [-0.2, 0) is 0 Å². The highest BCUT2D eigenvalue weighted by Gasteiger charge is 2.11. The second-order valence-electron chi connectivity index (χ2n) is 5.10. The SMILES string of the molecule is CC(C)c1cc2cccc(C(C)C)c2nc1Cl. The summed E-state index contributed by atoms with van der Waals surface area (Å²) in [5.41, 5.74) is 3.43. The minimum absolute atomic E-state index is 0.405. The van der Waals surface area contributed by atoms with Crippen molar-refractivity contribution in [3.63, 3.8) is 0 Å². The van der Waals surface area contributed by atoms with Crippen LogP contribution in [0.5, 0.6) is 0 Å². The van der Waals surface area contributed by atoms with Crippen molar-refractivity contribution in [3.8, 4) is 0 Å². The molecule has 0 atom stereocenters. The molecule has 0 aliphatic heterocycles. The topological polar surface area (TPSA) is 12.9 Å². The maximum Gasteiger partial charge on any atom is 0.133 e. The lowest BCUT2D eigenvalue weighted by atomic mass is 9.97. The quantitative estimate of drug-likeness (QED) is 0.670. The normalized spacial score (nSPS) is 11.7. The first kappa shape index (κ1) is 12.4. The highest BCUT2D eigenvalue weighted by molar-refractivity contribution is 6.30. The van der Waals surface area contributed by atoms with Gasteiger partial charge in [0.15, 0.2) is 0 Å². The van der Waals surface area contributed by atoms with E-state index >= 15 is 0 Å². The predicted molar refractivity (Wildman–Crippen MR) is 74.9 cm³/mol. The summed E-state index contributed by atoms with van der Waals surface area (Å²) in [7, 11) is 0. The molecule has 0 aliphatic rings. The minimum atomic E-state index is 0.405. The second kappa shape index (κ2) is 4.66. The van der Waals surface area contributed by atoms with Gasteiger partial charge in [-0.05, 0) is 29.0 Å². The molecule has 1 aromatic carbocycles. The van der Waals surface area contributed by atoms with Crippen molar-refractivity contribution in [1.82, 2.24) is 4.98 Å². The van der Waals surface area contributed by atoms with Gasteiger partial charge in [0, 0.05) is 5.39 Å². The Morgan fingerprint density at radius 3 is 2.24 bits per heavy atom. The van der Waals surface area contributed by atoms with Crippen molar-refractivity contribution in [2.24, 2.45) is 0 Å². The molecular formula is C15H18ClN. The lowest BCUT2D eigenvalue weighted by molar-refractivity contribution is 0.856.